The number of nitro groups is 3. The van der Waals surface area contributed by atoms with E-state index in [0.717, 1.165) is 15.8 Å². The van der Waals surface area contributed by atoms with Crippen LogP contribution in [-0.4, -0.2) is 66.9 Å². The van der Waals surface area contributed by atoms with Crippen LogP contribution in [0.15, 0.2) is 132 Å². The maximum absolute atomic E-state index is 11.5. The Morgan fingerprint density at radius 1 is 0.554 bits per heavy atom. The Balaban J connectivity index is 0.000000239. The van der Waals surface area contributed by atoms with Crippen molar-refractivity contribution in [1.82, 2.24) is 9.97 Å². The van der Waals surface area contributed by atoms with E-state index in [2.05, 4.69) is 9.97 Å². The molecule has 1 N–H and O–H groups in total. The van der Waals surface area contributed by atoms with Crippen LogP contribution in [0.4, 0.5) is 26.7 Å². The van der Waals surface area contributed by atoms with Gasteiger partial charge in [0.1, 0.15) is 33.9 Å². The highest BCUT2D eigenvalue weighted by molar-refractivity contribution is 8.77. The maximum atomic E-state index is 11.5. The molecule has 0 aliphatic carbocycles. The molecule has 0 saturated heterocycles. The van der Waals surface area contributed by atoms with Gasteiger partial charge in [-0.25, -0.2) is 19.6 Å². The average molecular weight is 844 g/mol. The Morgan fingerprint density at radius 3 is 1.27 bits per heavy atom. The summed E-state index contributed by atoms with van der Waals surface area (Å²) in [4.78, 5) is 61.0. The molecule has 0 atom stereocenters. The number of aliphatic hydroxyl groups excluding tert-OH is 1. The van der Waals surface area contributed by atoms with Crippen LogP contribution in [-0.2, 0) is 4.74 Å². The number of nitro benzene ring substituents is 3. The standard InChI is InChI=1S/C14H12N2O5S2.C13H8N2O7.C7H9NOS2/c17-14(21-12-6-4-11(5-7-12)16(18)19)20-9-10-22-23-13-3-1-2-8-15-13;16-13(21-11-5-1-9(2-6-11)14(17)18)22-12-7-3-10(4-8-12)15(19)20;9-5-6-10-11-7-3-1-2-4-8-7/h1-8H,9-10H2;1-8H;1-4,9H,5-6H2. The van der Waals surface area contributed by atoms with Crippen LogP contribution in [0.2, 0.25) is 0 Å². The molecule has 0 aliphatic heterocycles. The van der Waals surface area contributed by atoms with Gasteiger partial charge >= 0.3 is 12.3 Å². The van der Waals surface area contributed by atoms with Gasteiger partial charge in [0.15, 0.2) is 0 Å². The van der Waals surface area contributed by atoms with E-state index in [4.69, 9.17) is 24.1 Å². The van der Waals surface area contributed by atoms with Crippen LogP contribution in [0.1, 0.15) is 0 Å². The van der Waals surface area contributed by atoms with E-state index in [-0.39, 0.29) is 47.5 Å². The van der Waals surface area contributed by atoms with E-state index in [9.17, 15) is 39.9 Å². The Hall–Kier alpha value is -5.94. The number of aromatic nitrogens is 2. The number of non-ortho nitro benzene ring substituents is 3. The molecule has 2 aromatic heterocycles. The first-order chi connectivity index (χ1) is 27.0. The minimum Gasteiger partial charge on any atom is -0.433 e. The van der Waals surface area contributed by atoms with Gasteiger partial charge in [0, 0.05) is 60.3 Å². The van der Waals surface area contributed by atoms with Crippen molar-refractivity contribution in [1.29, 1.82) is 0 Å². The molecular formula is C34H29N5O13S4. The van der Waals surface area contributed by atoms with Crippen LogP contribution in [0.25, 0.3) is 0 Å². The van der Waals surface area contributed by atoms with Crippen LogP contribution >= 0.6 is 43.2 Å². The molecule has 5 aromatic rings. The summed E-state index contributed by atoms with van der Waals surface area (Å²) in [6.45, 7) is 0.417. The largest absolute Gasteiger partial charge is 0.519 e. The lowest BCUT2D eigenvalue weighted by Gasteiger charge is -2.05. The number of nitrogens with zero attached hydrogens (tertiary/aromatic N) is 5. The number of hydrogen-bond acceptors (Lipinski definition) is 19. The lowest BCUT2D eigenvalue weighted by atomic mass is 10.3. The zero-order valence-corrected chi connectivity index (χ0v) is 31.9. The zero-order valence-electron chi connectivity index (χ0n) is 28.6. The third kappa shape index (κ3) is 17.9. The normalized spacial score (nSPS) is 9.95. The number of carbonyl (C=O) groups is 2. The van der Waals surface area contributed by atoms with Crippen LogP contribution in [0.3, 0.4) is 0 Å². The predicted octanol–water partition coefficient (Wildman–Crippen LogP) is 8.84. The topological polar surface area (TPSA) is 246 Å². The van der Waals surface area contributed by atoms with Crippen LogP contribution < -0.4 is 14.2 Å². The molecule has 5 rings (SSSR count). The highest BCUT2D eigenvalue weighted by Gasteiger charge is 2.12. The molecular weight excluding hydrogens is 815 g/mol. The number of pyridine rings is 2. The third-order valence-corrected chi connectivity index (χ3v) is 10.3. The number of benzene rings is 3. The summed E-state index contributed by atoms with van der Waals surface area (Å²) in [7, 11) is 6.20. The van der Waals surface area contributed by atoms with E-state index in [1.165, 1.54) is 94.4 Å². The molecule has 0 spiro atoms. The quantitative estimate of drug-likeness (QED) is 0.0258. The fraction of sp³-hybridized carbons (Fsp3) is 0.118. The first-order valence-electron chi connectivity index (χ1n) is 15.5. The van der Waals surface area contributed by atoms with Gasteiger partial charge in [0.05, 0.1) is 21.4 Å². The molecule has 0 fully saturated rings. The summed E-state index contributed by atoms with van der Waals surface area (Å²) < 4.78 is 19.4. The van der Waals surface area contributed by atoms with Crippen LogP contribution in [0, 0.1) is 30.3 Å². The molecule has 0 unspecified atom stereocenters. The second-order valence-corrected chi connectivity index (χ2v) is 14.6. The number of hydrogen-bond donors (Lipinski definition) is 1. The first-order valence-corrected chi connectivity index (χ1v) is 20.2. The van der Waals surface area contributed by atoms with Gasteiger partial charge in [0.2, 0.25) is 0 Å². The van der Waals surface area contributed by atoms with Crippen molar-refractivity contribution in [3.8, 4) is 17.2 Å². The monoisotopic (exact) mass is 843 g/mol. The Morgan fingerprint density at radius 2 is 0.929 bits per heavy atom. The molecule has 18 nitrogen and oxygen atoms in total. The lowest BCUT2D eigenvalue weighted by molar-refractivity contribution is -0.385. The summed E-state index contributed by atoms with van der Waals surface area (Å²) in [5.41, 5.74) is -0.360. The van der Waals surface area contributed by atoms with Gasteiger partial charge in [-0.2, -0.15) is 0 Å². The molecule has 56 heavy (non-hydrogen) atoms. The van der Waals surface area contributed by atoms with Crippen molar-refractivity contribution in [2.24, 2.45) is 0 Å². The molecule has 292 valence electrons. The van der Waals surface area contributed by atoms with Gasteiger partial charge in [-0.15, -0.1) is 0 Å². The van der Waals surface area contributed by atoms with Gasteiger partial charge in [0.25, 0.3) is 17.1 Å². The average Bonchev–Trinajstić information content (AvgIpc) is 3.20. The molecule has 0 aliphatic rings. The summed E-state index contributed by atoms with van der Waals surface area (Å²) in [5.74, 6) is 1.66. The highest BCUT2D eigenvalue weighted by Crippen LogP contribution is 2.29. The molecule has 0 amide bonds. The van der Waals surface area contributed by atoms with Crippen molar-refractivity contribution < 1.29 is 48.4 Å². The van der Waals surface area contributed by atoms with Gasteiger partial charge in [-0.3, -0.25) is 30.3 Å². The molecule has 0 radical (unpaired) electrons. The zero-order chi connectivity index (χ0) is 40.5. The fourth-order valence-electron chi connectivity index (χ4n) is 3.44. The van der Waals surface area contributed by atoms with Crippen molar-refractivity contribution in [2.45, 2.75) is 10.1 Å². The second kappa shape index (κ2) is 25.2. The number of ether oxygens (including phenoxy) is 4. The molecule has 22 heteroatoms. The van der Waals surface area contributed by atoms with Gasteiger partial charge in [-0.05, 0) is 82.3 Å². The second-order valence-electron chi connectivity index (χ2n) is 9.78. The summed E-state index contributed by atoms with van der Waals surface area (Å²) >= 11 is 0. The van der Waals surface area contributed by atoms with Gasteiger partial charge in [-0.1, -0.05) is 33.7 Å². The SMILES string of the molecule is O=C(OCCSSc1ccccn1)Oc1ccc([N+](=O)[O-])cc1.O=C(Oc1ccc([N+](=O)[O-])cc1)Oc1ccc([N+](=O)[O-])cc1.OCCSSc1ccccn1. The first kappa shape index (κ1) is 44.5. The molecule has 2 heterocycles. The molecule has 3 aromatic carbocycles. The minimum absolute atomic E-state index is 0.0671. The van der Waals surface area contributed by atoms with E-state index in [0.29, 0.717) is 5.75 Å². The number of rotatable bonds is 15. The Bertz CT molecular complexity index is 1920. The van der Waals surface area contributed by atoms with Gasteiger partial charge < -0.3 is 24.1 Å². The van der Waals surface area contributed by atoms with E-state index < -0.39 is 27.1 Å². The predicted molar refractivity (Wildman–Crippen MR) is 210 cm³/mol. The van der Waals surface area contributed by atoms with E-state index in [1.54, 1.807) is 34.0 Å². The third-order valence-electron chi connectivity index (χ3n) is 5.87. The van der Waals surface area contributed by atoms with E-state index in [1.807, 2.05) is 36.4 Å². The summed E-state index contributed by atoms with van der Waals surface area (Å²) in [5, 5.41) is 41.8. The number of aliphatic hydroxyl groups is 1. The van der Waals surface area contributed by atoms with Crippen molar-refractivity contribution >= 4 is 72.5 Å². The smallest absolute Gasteiger partial charge is 0.433 e. The molecule has 0 bridgehead atoms. The Labute approximate surface area is 333 Å². The maximum Gasteiger partial charge on any atom is 0.519 e. The highest BCUT2D eigenvalue weighted by atomic mass is 33.1. The molecule has 0 saturated carbocycles. The lowest BCUT2D eigenvalue weighted by Crippen LogP contribution is -2.13. The minimum atomic E-state index is -1.07. The van der Waals surface area contributed by atoms with Crippen molar-refractivity contribution in [3.05, 3.63) is 152 Å². The van der Waals surface area contributed by atoms with Crippen molar-refractivity contribution in [3.63, 3.8) is 0 Å². The summed E-state index contributed by atoms with van der Waals surface area (Å²) in [6, 6.07) is 26.3. The van der Waals surface area contributed by atoms with E-state index >= 15 is 0 Å². The summed E-state index contributed by atoms with van der Waals surface area (Å²) in [6.07, 6.45) is 1.56. The Kier molecular flexibility index (Phi) is 20.0. The van der Waals surface area contributed by atoms with Crippen molar-refractivity contribution in [2.75, 3.05) is 24.7 Å². The van der Waals surface area contributed by atoms with Crippen LogP contribution in [0.5, 0.6) is 17.2 Å². The fourth-order valence-corrected chi connectivity index (χ4v) is 6.79. The number of carbonyl (C=O) groups excluding carboxylic acids is 2.